The lowest BCUT2D eigenvalue weighted by Crippen LogP contribution is -2.40. The topological polar surface area (TPSA) is 79.2 Å². The van der Waals surface area contributed by atoms with Gasteiger partial charge in [0, 0.05) is 17.8 Å². The molecule has 2 aliphatic rings. The molecule has 172 valence electrons. The quantitative estimate of drug-likeness (QED) is 0.616. The zero-order chi connectivity index (χ0) is 22.9. The number of aliphatic hydroxyl groups excluding tert-OH is 1. The van der Waals surface area contributed by atoms with Crippen molar-refractivity contribution in [2.24, 2.45) is 5.92 Å². The number of carbonyl (C=O) groups is 1. The molecule has 2 aromatic rings. The summed E-state index contributed by atoms with van der Waals surface area (Å²) in [7, 11) is -2.40. The van der Waals surface area contributed by atoms with Crippen LogP contribution in [-0.2, 0) is 16.0 Å². The zero-order valence-electron chi connectivity index (χ0n) is 19.0. The molecule has 0 spiro atoms. The molecule has 2 heterocycles. The summed E-state index contributed by atoms with van der Waals surface area (Å²) in [5.74, 6) is 0.870. The van der Waals surface area contributed by atoms with Crippen molar-refractivity contribution in [1.82, 2.24) is 0 Å². The molecule has 0 unspecified atom stereocenters. The van der Waals surface area contributed by atoms with Crippen LogP contribution in [0.25, 0.3) is 0 Å². The first-order valence-corrected chi connectivity index (χ1v) is 14.4. The van der Waals surface area contributed by atoms with Crippen molar-refractivity contribution >= 4 is 25.6 Å². The molecule has 2 N–H and O–H groups in total. The largest absolute Gasteiger partial charge is 0.482 e. The number of fused-ring (bicyclic) bond motifs is 1. The highest BCUT2D eigenvalue weighted by Crippen LogP contribution is 2.45. The molecule has 1 saturated heterocycles. The molecular weight excluding hydrogens is 422 g/mol. The molecule has 4 rings (SSSR count). The lowest BCUT2D eigenvalue weighted by Gasteiger charge is -2.30. The molecule has 2 aliphatic heterocycles. The van der Waals surface area contributed by atoms with E-state index >= 15 is 0 Å². The number of carbonyl (C=O) groups excluding carboxylic acids is 1. The Morgan fingerprint density at radius 2 is 1.88 bits per heavy atom. The number of para-hydroxylation sites is 2. The second kappa shape index (κ2) is 9.35. The minimum absolute atomic E-state index is 0.0309. The minimum Gasteiger partial charge on any atom is -0.482 e. The van der Waals surface area contributed by atoms with E-state index < -0.39 is 8.32 Å². The number of nitrogens with zero attached hydrogens (tertiary/aromatic N) is 1. The summed E-state index contributed by atoms with van der Waals surface area (Å²) in [6.07, 6.45) is 2.18. The van der Waals surface area contributed by atoms with Crippen molar-refractivity contribution in [3.8, 4) is 5.75 Å². The van der Waals surface area contributed by atoms with Crippen LogP contribution >= 0.6 is 0 Å². The number of rotatable bonds is 7. The number of hydrogen-bond donors (Lipinski definition) is 2. The molecular formula is C25H33NO5Si. The Morgan fingerprint density at radius 1 is 1.09 bits per heavy atom. The number of ether oxygens (including phenoxy) is 2. The van der Waals surface area contributed by atoms with Gasteiger partial charge in [-0.05, 0) is 68.1 Å². The molecule has 2 aromatic carbocycles. The van der Waals surface area contributed by atoms with E-state index in [0.717, 1.165) is 29.8 Å². The third kappa shape index (κ3) is 4.61. The van der Waals surface area contributed by atoms with Gasteiger partial charge in [-0.25, -0.2) is 0 Å². The summed E-state index contributed by atoms with van der Waals surface area (Å²) < 4.78 is 11.9. The highest BCUT2D eigenvalue weighted by molar-refractivity contribution is 6.71. The first-order chi connectivity index (χ1) is 15.3. The monoisotopic (exact) mass is 455 g/mol. The molecule has 0 bridgehead atoms. The molecule has 1 amide bonds. The second-order valence-electron chi connectivity index (χ2n) is 9.46. The van der Waals surface area contributed by atoms with Crippen molar-refractivity contribution in [2.45, 2.75) is 57.0 Å². The summed E-state index contributed by atoms with van der Waals surface area (Å²) in [6.45, 7) is 6.19. The normalized spacial score (nSPS) is 25.5. The van der Waals surface area contributed by atoms with Crippen LogP contribution in [0.3, 0.4) is 0 Å². The Bertz CT molecular complexity index is 959. The second-order valence-corrected chi connectivity index (χ2v) is 13.4. The van der Waals surface area contributed by atoms with E-state index in [9.17, 15) is 14.7 Å². The van der Waals surface area contributed by atoms with E-state index in [-0.39, 0.29) is 42.8 Å². The fourth-order valence-electron chi connectivity index (χ4n) is 5.35. The maximum Gasteiger partial charge on any atom is 0.269 e. The number of benzene rings is 2. The Morgan fingerprint density at radius 3 is 2.62 bits per heavy atom. The molecule has 32 heavy (non-hydrogen) atoms. The van der Waals surface area contributed by atoms with Crippen LogP contribution in [0.15, 0.2) is 48.5 Å². The van der Waals surface area contributed by atoms with Crippen LogP contribution in [0, 0.1) is 5.92 Å². The molecule has 7 heteroatoms. The maximum atomic E-state index is 12.6. The first kappa shape index (κ1) is 23.0. The van der Waals surface area contributed by atoms with Crippen LogP contribution in [-0.4, -0.2) is 49.5 Å². The van der Waals surface area contributed by atoms with Crippen molar-refractivity contribution in [3.05, 3.63) is 54.1 Å². The standard InChI is InChI=1S/C25H33NO5Si/c1-17-21(31-23(13-14-27)25(17)32(2,3)29)12-11-18-7-6-8-19(15-18)26-20-9-4-5-10-22(20)30-16-24(26)28/h4-10,15,17,21,23,25,27,29H,11-14,16H2,1-3H3/t17-,21+,23-,25+/m1/s1. The van der Waals surface area contributed by atoms with Crippen molar-refractivity contribution in [2.75, 3.05) is 18.1 Å². The van der Waals surface area contributed by atoms with Gasteiger partial charge in [-0.15, -0.1) is 0 Å². The Kier molecular flexibility index (Phi) is 6.72. The number of aliphatic hydroxyl groups is 1. The van der Waals surface area contributed by atoms with Gasteiger partial charge in [-0.3, -0.25) is 9.69 Å². The van der Waals surface area contributed by atoms with Crippen molar-refractivity contribution in [3.63, 3.8) is 0 Å². The summed E-state index contributed by atoms with van der Waals surface area (Å²) in [5.41, 5.74) is 2.85. The molecule has 1 fully saturated rings. The third-order valence-electron chi connectivity index (χ3n) is 6.73. The fourth-order valence-corrected chi connectivity index (χ4v) is 8.01. The lowest BCUT2D eigenvalue weighted by molar-refractivity contribution is -0.120. The Hall–Kier alpha value is -2.19. The predicted molar refractivity (Wildman–Crippen MR) is 127 cm³/mol. The molecule has 6 nitrogen and oxygen atoms in total. The molecule has 0 aromatic heterocycles. The average molecular weight is 456 g/mol. The predicted octanol–water partition coefficient (Wildman–Crippen LogP) is 4.03. The van der Waals surface area contributed by atoms with Gasteiger partial charge in [-0.1, -0.05) is 31.2 Å². The van der Waals surface area contributed by atoms with Crippen molar-refractivity contribution in [1.29, 1.82) is 0 Å². The van der Waals surface area contributed by atoms with E-state index in [1.54, 1.807) is 4.90 Å². The average Bonchev–Trinajstić information content (AvgIpc) is 3.08. The van der Waals surface area contributed by atoms with Crippen LogP contribution < -0.4 is 9.64 Å². The third-order valence-corrected chi connectivity index (χ3v) is 9.25. The number of anilines is 2. The van der Waals surface area contributed by atoms with E-state index in [2.05, 4.69) is 19.1 Å². The van der Waals surface area contributed by atoms with Gasteiger partial charge in [0.1, 0.15) is 5.75 Å². The summed E-state index contributed by atoms with van der Waals surface area (Å²) in [6, 6.07) is 15.7. The Labute approximate surface area is 190 Å². The fraction of sp³-hybridized carbons (Fsp3) is 0.480. The highest BCUT2D eigenvalue weighted by atomic mass is 28.4. The molecule has 0 aliphatic carbocycles. The van der Waals surface area contributed by atoms with E-state index in [1.165, 1.54) is 0 Å². The van der Waals surface area contributed by atoms with E-state index in [4.69, 9.17) is 9.47 Å². The van der Waals surface area contributed by atoms with Crippen LogP contribution in [0.2, 0.25) is 18.6 Å². The van der Waals surface area contributed by atoms with Gasteiger partial charge < -0.3 is 19.4 Å². The molecule has 0 radical (unpaired) electrons. The van der Waals surface area contributed by atoms with Gasteiger partial charge >= 0.3 is 0 Å². The first-order valence-electron chi connectivity index (χ1n) is 11.4. The maximum absolute atomic E-state index is 12.6. The number of amides is 1. The summed E-state index contributed by atoms with van der Waals surface area (Å²) in [5, 5.41) is 9.45. The van der Waals surface area contributed by atoms with Crippen LogP contribution in [0.1, 0.15) is 25.3 Å². The number of aryl methyl sites for hydroxylation is 1. The lowest BCUT2D eigenvalue weighted by atomic mass is 9.95. The van der Waals surface area contributed by atoms with E-state index in [1.807, 2.05) is 49.5 Å². The van der Waals surface area contributed by atoms with Crippen molar-refractivity contribution < 1.29 is 24.2 Å². The SMILES string of the molecule is C[C@H]1[C@H]([Si](C)(C)O)[C@@H](CCO)O[C@H]1CCc1cccc(N2C(=O)COc3ccccc32)c1. The minimum atomic E-state index is -2.40. The molecule has 4 atom stereocenters. The Balaban J connectivity index is 1.49. The van der Waals surface area contributed by atoms with Gasteiger partial charge in [0.05, 0.1) is 17.9 Å². The smallest absolute Gasteiger partial charge is 0.269 e. The van der Waals surface area contributed by atoms with Crippen LogP contribution in [0.5, 0.6) is 5.75 Å². The van der Waals surface area contributed by atoms with Gasteiger partial charge in [-0.2, -0.15) is 0 Å². The van der Waals surface area contributed by atoms with Gasteiger partial charge in [0.25, 0.3) is 5.91 Å². The zero-order valence-corrected chi connectivity index (χ0v) is 20.0. The van der Waals surface area contributed by atoms with Gasteiger partial charge in [0.15, 0.2) is 14.9 Å². The molecule has 0 saturated carbocycles. The van der Waals surface area contributed by atoms with E-state index in [0.29, 0.717) is 12.2 Å². The van der Waals surface area contributed by atoms with Crippen LogP contribution in [0.4, 0.5) is 11.4 Å². The summed E-state index contributed by atoms with van der Waals surface area (Å²) in [4.78, 5) is 25.2. The number of hydrogen-bond acceptors (Lipinski definition) is 5. The highest BCUT2D eigenvalue weighted by Gasteiger charge is 2.49. The van der Waals surface area contributed by atoms with Gasteiger partial charge in [0.2, 0.25) is 0 Å². The summed E-state index contributed by atoms with van der Waals surface area (Å²) >= 11 is 0.